The lowest BCUT2D eigenvalue weighted by molar-refractivity contribution is -0.136. The molecule has 0 bridgehead atoms. The SMILES string of the molecule is NCCSSCCN(C(=O)C=O)C(=O)c1ccccc1. The van der Waals surface area contributed by atoms with Crippen LogP contribution in [-0.2, 0) is 9.59 Å². The van der Waals surface area contributed by atoms with Gasteiger partial charge in [0.05, 0.1) is 0 Å². The molecule has 108 valence electrons. The Hall–Kier alpha value is -1.31. The minimum atomic E-state index is -0.816. The van der Waals surface area contributed by atoms with E-state index < -0.39 is 11.8 Å². The number of benzene rings is 1. The van der Waals surface area contributed by atoms with Gasteiger partial charge < -0.3 is 5.73 Å². The van der Waals surface area contributed by atoms with Crippen molar-refractivity contribution in [3.05, 3.63) is 35.9 Å². The van der Waals surface area contributed by atoms with Crippen molar-refractivity contribution in [2.24, 2.45) is 5.73 Å². The van der Waals surface area contributed by atoms with Gasteiger partial charge in [-0.2, -0.15) is 0 Å². The molecule has 0 saturated carbocycles. The standard InChI is InChI=1S/C13H16N2O3S2/c14-6-8-19-20-9-7-15(12(17)10-16)13(18)11-4-2-1-3-5-11/h1-5,10H,6-9,14H2. The normalized spacial score (nSPS) is 10.1. The number of hydrogen-bond donors (Lipinski definition) is 1. The predicted molar refractivity (Wildman–Crippen MR) is 82.5 cm³/mol. The minimum absolute atomic E-state index is 0.165. The van der Waals surface area contributed by atoms with E-state index in [9.17, 15) is 14.4 Å². The van der Waals surface area contributed by atoms with Crippen molar-refractivity contribution in [3.63, 3.8) is 0 Å². The molecular weight excluding hydrogens is 296 g/mol. The number of imide groups is 1. The summed E-state index contributed by atoms with van der Waals surface area (Å²) in [5.74, 6) is 0.0947. The summed E-state index contributed by atoms with van der Waals surface area (Å²) in [5.41, 5.74) is 5.76. The summed E-state index contributed by atoms with van der Waals surface area (Å²) in [5, 5.41) is 0. The molecule has 1 rings (SSSR count). The number of nitrogens with two attached hydrogens (primary N) is 1. The van der Waals surface area contributed by atoms with Crippen LogP contribution in [0, 0.1) is 0 Å². The van der Waals surface area contributed by atoms with Gasteiger partial charge in [-0.3, -0.25) is 19.3 Å². The van der Waals surface area contributed by atoms with Crippen molar-refractivity contribution in [3.8, 4) is 0 Å². The lowest BCUT2D eigenvalue weighted by Crippen LogP contribution is -2.39. The first-order chi connectivity index (χ1) is 9.70. The maximum atomic E-state index is 12.2. The fourth-order valence-corrected chi connectivity index (χ4v) is 3.21. The maximum Gasteiger partial charge on any atom is 0.293 e. The van der Waals surface area contributed by atoms with E-state index in [2.05, 4.69) is 0 Å². The van der Waals surface area contributed by atoms with E-state index >= 15 is 0 Å². The highest BCUT2D eigenvalue weighted by Gasteiger charge is 2.21. The minimum Gasteiger partial charge on any atom is -0.330 e. The van der Waals surface area contributed by atoms with Crippen molar-refractivity contribution in [2.75, 3.05) is 24.6 Å². The molecular formula is C13H16N2O3S2. The van der Waals surface area contributed by atoms with Crippen LogP contribution in [0.5, 0.6) is 0 Å². The van der Waals surface area contributed by atoms with Crippen molar-refractivity contribution in [1.29, 1.82) is 0 Å². The number of nitrogens with zero attached hydrogens (tertiary/aromatic N) is 1. The lowest BCUT2D eigenvalue weighted by Gasteiger charge is -2.18. The number of hydrogen-bond acceptors (Lipinski definition) is 6. The molecule has 20 heavy (non-hydrogen) atoms. The van der Waals surface area contributed by atoms with Gasteiger partial charge in [-0.1, -0.05) is 39.8 Å². The molecule has 0 radical (unpaired) electrons. The second kappa shape index (κ2) is 9.57. The molecule has 0 aliphatic carbocycles. The number of aldehydes is 1. The lowest BCUT2D eigenvalue weighted by atomic mass is 10.2. The first-order valence-corrected chi connectivity index (χ1v) is 8.50. The highest BCUT2D eigenvalue weighted by Crippen LogP contribution is 2.20. The molecule has 0 atom stereocenters. The van der Waals surface area contributed by atoms with E-state index in [-0.39, 0.29) is 12.8 Å². The van der Waals surface area contributed by atoms with Gasteiger partial charge in [-0.05, 0) is 12.1 Å². The molecule has 2 N–H and O–H groups in total. The van der Waals surface area contributed by atoms with Crippen molar-refractivity contribution in [1.82, 2.24) is 4.90 Å². The Morgan fingerprint density at radius 3 is 2.40 bits per heavy atom. The van der Waals surface area contributed by atoms with Crippen molar-refractivity contribution < 1.29 is 14.4 Å². The molecule has 0 aromatic heterocycles. The molecule has 0 aliphatic rings. The third kappa shape index (κ3) is 5.36. The Labute approximate surface area is 125 Å². The summed E-state index contributed by atoms with van der Waals surface area (Å²) in [4.78, 5) is 35.3. The van der Waals surface area contributed by atoms with Gasteiger partial charge in [0, 0.05) is 30.2 Å². The molecule has 0 fully saturated rings. The molecule has 5 nitrogen and oxygen atoms in total. The molecule has 0 unspecified atom stereocenters. The topological polar surface area (TPSA) is 80.5 Å². The van der Waals surface area contributed by atoms with Gasteiger partial charge in [0.15, 0.2) is 0 Å². The maximum absolute atomic E-state index is 12.2. The van der Waals surface area contributed by atoms with E-state index in [1.54, 1.807) is 41.1 Å². The number of carbonyl (C=O) groups excluding carboxylic acids is 3. The summed E-state index contributed by atoms with van der Waals surface area (Å²) < 4.78 is 0. The first kappa shape index (κ1) is 16.7. The summed E-state index contributed by atoms with van der Waals surface area (Å²) >= 11 is 0. The zero-order chi connectivity index (χ0) is 14.8. The largest absolute Gasteiger partial charge is 0.330 e. The average Bonchev–Trinajstić information content (AvgIpc) is 2.50. The van der Waals surface area contributed by atoms with Crippen molar-refractivity contribution in [2.45, 2.75) is 0 Å². The Balaban J connectivity index is 2.62. The zero-order valence-corrected chi connectivity index (χ0v) is 12.5. The molecule has 0 spiro atoms. The van der Waals surface area contributed by atoms with Crippen LogP contribution in [0.1, 0.15) is 10.4 Å². The van der Waals surface area contributed by atoms with Crippen LogP contribution in [0.25, 0.3) is 0 Å². The Morgan fingerprint density at radius 2 is 1.80 bits per heavy atom. The fraction of sp³-hybridized carbons (Fsp3) is 0.308. The third-order valence-corrected chi connectivity index (χ3v) is 4.73. The van der Waals surface area contributed by atoms with Gasteiger partial charge in [-0.15, -0.1) is 0 Å². The van der Waals surface area contributed by atoms with Gasteiger partial charge in [0.1, 0.15) is 0 Å². The van der Waals surface area contributed by atoms with E-state index in [0.29, 0.717) is 17.9 Å². The van der Waals surface area contributed by atoms with Crippen LogP contribution in [0.15, 0.2) is 30.3 Å². The average molecular weight is 312 g/mol. The molecule has 0 saturated heterocycles. The second-order valence-corrected chi connectivity index (χ2v) is 6.41. The molecule has 0 aliphatic heterocycles. The first-order valence-electron chi connectivity index (χ1n) is 6.01. The monoisotopic (exact) mass is 312 g/mol. The second-order valence-electron chi connectivity index (χ2n) is 3.71. The van der Waals surface area contributed by atoms with Crippen LogP contribution in [0.4, 0.5) is 0 Å². The van der Waals surface area contributed by atoms with Gasteiger partial charge in [0.25, 0.3) is 11.8 Å². The Morgan fingerprint density at radius 1 is 1.15 bits per heavy atom. The van der Waals surface area contributed by atoms with Crippen LogP contribution >= 0.6 is 21.6 Å². The summed E-state index contributed by atoms with van der Waals surface area (Å²) in [6.07, 6.45) is 0.165. The van der Waals surface area contributed by atoms with Gasteiger partial charge >= 0.3 is 0 Å². The zero-order valence-electron chi connectivity index (χ0n) is 10.9. The molecule has 1 aromatic rings. The van der Waals surface area contributed by atoms with E-state index in [0.717, 1.165) is 10.7 Å². The Kier molecular flexibility index (Phi) is 8.01. The third-order valence-electron chi connectivity index (χ3n) is 2.32. The summed E-state index contributed by atoms with van der Waals surface area (Å²) in [6, 6.07) is 8.43. The number of carbonyl (C=O) groups is 3. The molecule has 0 heterocycles. The molecule has 7 heteroatoms. The Bertz CT molecular complexity index is 454. The van der Waals surface area contributed by atoms with Crippen LogP contribution < -0.4 is 5.73 Å². The molecule has 1 aromatic carbocycles. The van der Waals surface area contributed by atoms with E-state index in [1.165, 1.54) is 10.8 Å². The van der Waals surface area contributed by atoms with Crippen LogP contribution in [-0.4, -0.2) is 47.6 Å². The van der Waals surface area contributed by atoms with E-state index in [1.807, 2.05) is 0 Å². The van der Waals surface area contributed by atoms with Crippen LogP contribution in [0.2, 0.25) is 0 Å². The number of amides is 2. The van der Waals surface area contributed by atoms with Crippen LogP contribution in [0.3, 0.4) is 0 Å². The van der Waals surface area contributed by atoms with Gasteiger partial charge in [-0.25, -0.2) is 0 Å². The number of rotatable bonds is 8. The van der Waals surface area contributed by atoms with Gasteiger partial charge in [0.2, 0.25) is 6.29 Å². The van der Waals surface area contributed by atoms with Crippen molar-refractivity contribution >= 4 is 39.7 Å². The highest BCUT2D eigenvalue weighted by atomic mass is 33.1. The quantitative estimate of drug-likeness (QED) is 0.336. The predicted octanol–water partition coefficient (Wildman–Crippen LogP) is 1.19. The van der Waals surface area contributed by atoms with E-state index in [4.69, 9.17) is 5.73 Å². The molecule has 2 amide bonds. The fourth-order valence-electron chi connectivity index (χ4n) is 1.41. The smallest absolute Gasteiger partial charge is 0.293 e. The summed E-state index contributed by atoms with van der Waals surface area (Å²) in [6.45, 7) is 0.783. The summed E-state index contributed by atoms with van der Waals surface area (Å²) in [7, 11) is 3.10. The highest BCUT2D eigenvalue weighted by molar-refractivity contribution is 8.76.